The van der Waals surface area contributed by atoms with E-state index in [1.165, 1.54) is 17.8 Å². The van der Waals surface area contributed by atoms with Gasteiger partial charge < -0.3 is 15.4 Å². The molecular formula is C6H7N2O2Ru+. The summed E-state index contributed by atoms with van der Waals surface area (Å²) in [5, 5.41) is 0. The molecule has 0 fully saturated rings. The maximum atomic E-state index is 10.9. The molecule has 0 N–H and O–H groups in total. The second-order valence-corrected chi connectivity index (χ2v) is 2.03. The van der Waals surface area contributed by atoms with Crippen molar-refractivity contribution in [3.63, 3.8) is 0 Å². The molecule has 1 heterocycles. The van der Waals surface area contributed by atoms with Crippen molar-refractivity contribution in [2.75, 3.05) is 0 Å². The Morgan fingerprint density at radius 1 is 1.36 bits per heavy atom. The van der Waals surface area contributed by atoms with Crippen LogP contribution in [0.1, 0.15) is 0 Å². The van der Waals surface area contributed by atoms with Gasteiger partial charge in [0.2, 0.25) is 0 Å². The smallest absolute Gasteiger partial charge is 0.386 e. The van der Waals surface area contributed by atoms with E-state index in [0.29, 0.717) is 0 Å². The minimum atomic E-state index is -0.400. The predicted molar refractivity (Wildman–Crippen MR) is 35.8 cm³/mol. The Morgan fingerprint density at radius 3 is 2.36 bits per heavy atom. The largest absolute Gasteiger partial charge is 2.00 e. The molecule has 1 aromatic rings. The number of hydrogen-bond acceptors (Lipinski definition) is 2. The molecule has 0 bridgehead atoms. The van der Waals surface area contributed by atoms with Crippen LogP contribution in [0.2, 0.25) is 0 Å². The summed E-state index contributed by atoms with van der Waals surface area (Å²) in [6, 6.07) is 2.38. The third kappa shape index (κ3) is 1.87. The van der Waals surface area contributed by atoms with E-state index >= 15 is 0 Å². The van der Waals surface area contributed by atoms with Gasteiger partial charge in [-0.05, 0) is 0 Å². The summed E-state index contributed by atoms with van der Waals surface area (Å²) in [4.78, 5) is 21.6. The van der Waals surface area contributed by atoms with Crippen LogP contribution in [0.25, 0.3) is 0 Å². The normalized spacial score (nSPS) is 8.91. The molecule has 0 atom stereocenters. The fourth-order valence-corrected chi connectivity index (χ4v) is 0.628. The summed E-state index contributed by atoms with van der Waals surface area (Å²) in [6.07, 6.45) is 1.32. The molecule has 0 aromatic carbocycles. The quantitative estimate of drug-likeness (QED) is 0.426. The van der Waals surface area contributed by atoms with E-state index in [2.05, 4.69) is 6.07 Å². The third-order valence-corrected chi connectivity index (χ3v) is 1.27. The first-order valence-corrected chi connectivity index (χ1v) is 2.77. The Hall–Kier alpha value is -0.697. The first kappa shape index (κ1) is 10.3. The summed E-state index contributed by atoms with van der Waals surface area (Å²) >= 11 is 0. The van der Waals surface area contributed by atoms with Crippen molar-refractivity contribution in [1.29, 1.82) is 0 Å². The van der Waals surface area contributed by atoms with E-state index in [1.54, 1.807) is 7.05 Å². The summed E-state index contributed by atoms with van der Waals surface area (Å²) in [5.41, 5.74) is -0.730. The number of rotatable bonds is 0. The molecule has 0 saturated heterocycles. The average Bonchev–Trinajstić information content (AvgIpc) is 1.93. The van der Waals surface area contributed by atoms with Crippen LogP contribution in [0.15, 0.2) is 15.8 Å². The maximum Gasteiger partial charge on any atom is 2.00 e. The molecule has 0 spiro atoms. The molecule has 0 aliphatic heterocycles. The van der Waals surface area contributed by atoms with Crippen LogP contribution in [0.3, 0.4) is 0 Å². The second kappa shape index (κ2) is 3.62. The van der Waals surface area contributed by atoms with Crippen LogP contribution < -0.4 is 11.2 Å². The molecule has 5 heteroatoms. The van der Waals surface area contributed by atoms with Gasteiger partial charge in [-0.1, -0.05) is 0 Å². The number of nitrogens with zero attached hydrogens (tertiary/aromatic N) is 2. The van der Waals surface area contributed by atoms with Crippen molar-refractivity contribution in [1.82, 2.24) is 9.13 Å². The fraction of sp³-hybridized carbons (Fsp3) is 0.333. The Kier molecular flexibility index (Phi) is 3.39. The molecule has 0 aliphatic rings. The minimum absolute atomic E-state index is 0. The van der Waals surface area contributed by atoms with Crippen molar-refractivity contribution in [3.05, 3.63) is 33.1 Å². The zero-order valence-electron chi connectivity index (χ0n) is 6.14. The van der Waals surface area contributed by atoms with Gasteiger partial charge in [0.1, 0.15) is 0 Å². The van der Waals surface area contributed by atoms with Crippen LogP contribution in [0, 0.1) is 6.07 Å². The van der Waals surface area contributed by atoms with Crippen LogP contribution in [-0.2, 0) is 33.6 Å². The second-order valence-electron chi connectivity index (χ2n) is 2.03. The molecule has 11 heavy (non-hydrogen) atoms. The molecule has 0 amide bonds. The zero-order valence-corrected chi connectivity index (χ0v) is 7.88. The van der Waals surface area contributed by atoms with Crippen LogP contribution in [-0.4, -0.2) is 9.13 Å². The predicted octanol–water partition coefficient (Wildman–Crippen LogP) is -1.12. The summed E-state index contributed by atoms with van der Waals surface area (Å²) < 4.78 is 2.29. The van der Waals surface area contributed by atoms with Gasteiger partial charge in [0.15, 0.2) is 0 Å². The first-order chi connectivity index (χ1) is 4.63. The van der Waals surface area contributed by atoms with Gasteiger partial charge in [-0.15, -0.1) is 0 Å². The van der Waals surface area contributed by atoms with Crippen molar-refractivity contribution in [2.45, 2.75) is 0 Å². The van der Waals surface area contributed by atoms with E-state index < -0.39 is 5.56 Å². The van der Waals surface area contributed by atoms with Gasteiger partial charge in [-0.2, -0.15) is 6.20 Å². The molecule has 1 aromatic heterocycles. The molecule has 0 aliphatic carbocycles. The molecule has 0 radical (unpaired) electrons. The average molecular weight is 240 g/mol. The Morgan fingerprint density at radius 2 is 1.91 bits per heavy atom. The topological polar surface area (TPSA) is 44.0 Å². The van der Waals surface area contributed by atoms with Crippen LogP contribution in [0.4, 0.5) is 0 Å². The van der Waals surface area contributed by atoms with E-state index in [4.69, 9.17) is 0 Å². The summed E-state index contributed by atoms with van der Waals surface area (Å²) in [7, 11) is 2.99. The summed E-state index contributed by atoms with van der Waals surface area (Å²) in [5.74, 6) is 0. The summed E-state index contributed by atoms with van der Waals surface area (Å²) in [6.45, 7) is 0. The minimum Gasteiger partial charge on any atom is -0.386 e. The van der Waals surface area contributed by atoms with Gasteiger partial charge in [-0.25, -0.2) is 4.79 Å². The van der Waals surface area contributed by atoms with E-state index in [1.807, 2.05) is 0 Å². The maximum absolute atomic E-state index is 10.9. The number of hydrogen-bond donors (Lipinski definition) is 0. The molecule has 0 saturated carbocycles. The van der Waals surface area contributed by atoms with Crippen molar-refractivity contribution < 1.29 is 19.5 Å². The molecule has 4 nitrogen and oxygen atoms in total. The molecule has 60 valence electrons. The standard InChI is InChI=1S/C6H7N2O2.Ru/c1-7-4-3-5(9)8(2)6(7)10;/h4H,1-2H3;/q-1;+2. The van der Waals surface area contributed by atoms with Crippen LogP contribution >= 0.6 is 0 Å². The van der Waals surface area contributed by atoms with Crippen molar-refractivity contribution in [3.8, 4) is 0 Å². The van der Waals surface area contributed by atoms with Gasteiger partial charge >= 0.3 is 25.2 Å². The van der Waals surface area contributed by atoms with Gasteiger partial charge in [0, 0.05) is 14.1 Å². The number of aryl methyl sites for hydroxylation is 1. The van der Waals surface area contributed by atoms with E-state index in [9.17, 15) is 9.59 Å². The van der Waals surface area contributed by atoms with Crippen LogP contribution in [0.5, 0.6) is 0 Å². The van der Waals surface area contributed by atoms with Gasteiger partial charge in [-0.3, -0.25) is 4.57 Å². The fourth-order valence-electron chi connectivity index (χ4n) is 0.628. The Bertz CT molecular complexity index is 352. The zero-order chi connectivity index (χ0) is 7.72. The third-order valence-electron chi connectivity index (χ3n) is 1.27. The van der Waals surface area contributed by atoms with E-state index in [0.717, 1.165) is 4.57 Å². The molecule has 0 unspecified atom stereocenters. The molecule has 1 rings (SSSR count). The van der Waals surface area contributed by atoms with Crippen molar-refractivity contribution in [2.24, 2.45) is 14.1 Å². The number of aromatic nitrogens is 2. The molecular weight excluding hydrogens is 233 g/mol. The Labute approximate surface area is 76.2 Å². The van der Waals surface area contributed by atoms with E-state index in [-0.39, 0.29) is 25.2 Å². The van der Waals surface area contributed by atoms with Crippen molar-refractivity contribution >= 4 is 0 Å². The SMILES string of the molecule is Cn1c[c-]c(=O)n(C)c1=O.[Ru+2]. The first-order valence-electron chi connectivity index (χ1n) is 2.77. The van der Waals surface area contributed by atoms with Gasteiger partial charge in [0.25, 0.3) is 0 Å². The monoisotopic (exact) mass is 241 g/mol. The Balaban J connectivity index is 0.000001000. The van der Waals surface area contributed by atoms with Gasteiger partial charge in [0.05, 0.1) is 5.56 Å².